The number of nitrogens with zero attached hydrogens (tertiary/aromatic N) is 5. The summed E-state index contributed by atoms with van der Waals surface area (Å²) in [6, 6.07) is 10.1. The van der Waals surface area contributed by atoms with Crippen molar-refractivity contribution in [1.82, 2.24) is 19.4 Å². The Hall–Kier alpha value is -2.75. The molecule has 2 aromatic rings. The zero-order chi connectivity index (χ0) is 22.2. The second kappa shape index (κ2) is 8.41. The summed E-state index contributed by atoms with van der Waals surface area (Å²) in [5.74, 6) is 0.571. The van der Waals surface area contributed by atoms with Crippen molar-refractivity contribution in [2.75, 3.05) is 44.2 Å². The predicted molar refractivity (Wildman–Crippen MR) is 120 cm³/mol. The van der Waals surface area contributed by atoms with E-state index >= 15 is 0 Å². The quantitative estimate of drug-likeness (QED) is 0.680. The van der Waals surface area contributed by atoms with Crippen LogP contribution in [-0.2, 0) is 11.3 Å². The van der Waals surface area contributed by atoms with Crippen LogP contribution in [0, 0.1) is 0 Å². The molecule has 0 saturated carbocycles. The molecule has 3 heterocycles. The first kappa shape index (κ1) is 21.5. The van der Waals surface area contributed by atoms with Crippen LogP contribution >= 0.6 is 0 Å². The molecule has 2 aliphatic heterocycles. The lowest BCUT2D eigenvalue weighted by molar-refractivity contribution is -0.136. The van der Waals surface area contributed by atoms with Crippen molar-refractivity contribution in [3.63, 3.8) is 0 Å². The molecule has 0 atom stereocenters. The Kier molecular flexibility index (Phi) is 5.83. The summed E-state index contributed by atoms with van der Waals surface area (Å²) in [4.78, 5) is 35.4. The number of likely N-dealkylation sites (tertiary alicyclic amines) is 1. The molecule has 1 aromatic carbocycles. The molecule has 4 N–H and O–H groups in total. The SMILES string of the molecule is CC(C)(N)C(=O)N1CCN(c2ccn(-c3ccc(CN4CC(N)C4)cc3)c(=O)n2)CC1. The lowest BCUT2D eigenvalue weighted by Gasteiger charge is -2.38. The van der Waals surface area contributed by atoms with Gasteiger partial charge >= 0.3 is 5.69 Å². The fourth-order valence-electron chi connectivity index (χ4n) is 4.07. The molecule has 0 spiro atoms. The molecule has 0 unspecified atom stereocenters. The Morgan fingerprint density at radius 2 is 1.74 bits per heavy atom. The maximum atomic E-state index is 12.7. The van der Waals surface area contributed by atoms with Crippen LogP contribution in [0.1, 0.15) is 19.4 Å². The van der Waals surface area contributed by atoms with E-state index in [9.17, 15) is 9.59 Å². The number of carbonyl (C=O) groups is 1. The molecule has 166 valence electrons. The van der Waals surface area contributed by atoms with E-state index in [-0.39, 0.29) is 11.6 Å². The molecule has 1 amide bonds. The molecular weight excluding hydrogens is 394 g/mol. The Bertz CT molecular complexity index is 982. The predicted octanol–water partition coefficient (Wildman–Crippen LogP) is -0.239. The fourth-order valence-corrected chi connectivity index (χ4v) is 4.07. The number of carbonyl (C=O) groups excluding carboxylic acids is 1. The molecule has 4 rings (SSSR count). The third-order valence-corrected chi connectivity index (χ3v) is 5.84. The maximum absolute atomic E-state index is 12.7. The van der Waals surface area contributed by atoms with Gasteiger partial charge in [0.25, 0.3) is 0 Å². The zero-order valence-electron chi connectivity index (χ0n) is 18.2. The summed E-state index contributed by atoms with van der Waals surface area (Å²) in [6.07, 6.45) is 1.76. The molecule has 2 saturated heterocycles. The first-order valence-electron chi connectivity index (χ1n) is 10.7. The van der Waals surface area contributed by atoms with Crippen molar-refractivity contribution in [2.45, 2.75) is 32.0 Å². The Morgan fingerprint density at radius 1 is 1.10 bits per heavy atom. The summed E-state index contributed by atoms with van der Waals surface area (Å²) in [5, 5.41) is 0. The van der Waals surface area contributed by atoms with Gasteiger partial charge in [-0.25, -0.2) is 4.79 Å². The first-order chi connectivity index (χ1) is 14.7. The van der Waals surface area contributed by atoms with Crippen molar-refractivity contribution in [2.24, 2.45) is 11.5 Å². The molecule has 31 heavy (non-hydrogen) atoms. The van der Waals surface area contributed by atoms with Crippen molar-refractivity contribution >= 4 is 11.7 Å². The first-order valence-corrected chi connectivity index (χ1v) is 10.7. The van der Waals surface area contributed by atoms with Crippen LogP contribution in [0.15, 0.2) is 41.3 Å². The number of aromatic nitrogens is 2. The normalized spacial score (nSPS) is 18.2. The van der Waals surface area contributed by atoms with Gasteiger partial charge in [0.15, 0.2) is 0 Å². The minimum atomic E-state index is -0.876. The van der Waals surface area contributed by atoms with Gasteiger partial charge < -0.3 is 21.3 Å². The number of nitrogens with two attached hydrogens (primary N) is 2. The summed E-state index contributed by atoms with van der Waals surface area (Å²) in [7, 11) is 0. The molecule has 0 bridgehead atoms. The Morgan fingerprint density at radius 3 is 2.29 bits per heavy atom. The minimum absolute atomic E-state index is 0.0593. The average molecular weight is 426 g/mol. The van der Waals surface area contributed by atoms with E-state index in [0.717, 1.165) is 25.3 Å². The van der Waals surface area contributed by atoms with Gasteiger partial charge in [-0.15, -0.1) is 0 Å². The third-order valence-electron chi connectivity index (χ3n) is 5.84. The third kappa shape index (κ3) is 4.79. The largest absolute Gasteiger partial charge is 0.354 e. The summed E-state index contributed by atoms with van der Waals surface area (Å²) in [6.45, 7) is 8.53. The Balaban J connectivity index is 1.39. The highest BCUT2D eigenvalue weighted by atomic mass is 16.2. The van der Waals surface area contributed by atoms with Crippen LogP contribution < -0.4 is 22.1 Å². The van der Waals surface area contributed by atoms with E-state index < -0.39 is 5.54 Å². The van der Waals surface area contributed by atoms with E-state index in [0.29, 0.717) is 38.0 Å². The number of benzene rings is 1. The van der Waals surface area contributed by atoms with Crippen molar-refractivity contribution in [1.29, 1.82) is 0 Å². The summed E-state index contributed by atoms with van der Waals surface area (Å²) < 4.78 is 1.55. The number of amides is 1. The lowest BCUT2D eigenvalue weighted by atomic mass is 10.0. The van der Waals surface area contributed by atoms with Crippen molar-refractivity contribution < 1.29 is 4.79 Å². The highest BCUT2D eigenvalue weighted by molar-refractivity contribution is 5.85. The molecule has 0 radical (unpaired) electrons. The van der Waals surface area contributed by atoms with Gasteiger partial charge in [0, 0.05) is 58.1 Å². The van der Waals surface area contributed by atoms with E-state index in [4.69, 9.17) is 11.5 Å². The van der Waals surface area contributed by atoms with Crippen LogP contribution in [0.2, 0.25) is 0 Å². The number of hydrogen-bond donors (Lipinski definition) is 2. The van der Waals surface area contributed by atoms with Crippen LogP contribution in [0.3, 0.4) is 0 Å². The minimum Gasteiger partial charge on any atom is -0.353 e. The summed E-state index contributed by atoms with van der Waals surface area (Å²) >= 11 is 0. The van der Waals surface area contributed by atoms with Crippen LogP contribution in [-0.4, -0.2) is 76.1 Å². The van der Waals surface area contributed by atoms with E-state index in [1.54, 1.807) is 29.5 Å². The molecule has 9 heteroatoms. The molecular formula is C22H31N7O2. The topological polar surface area (TPSA) is 114 Å². The second-order valence-electron chi connectivity index (χ2n) is 9.06. The van der Waals surface area contributed by atoms with Gasteiger partial charge in [0.2, 0.25) is 5.91 Å². The fraction of sp³-hybridized carbons (Fsp3) is 0.500. The van der Waals surface area contributed by atoms with Gasteiger partial charge in [0.05, 0.1) is 11.2 Å². The molecule has 2 aliphatic rings. The number of piperazine rings is 1. The van der Waals surface area contributed by atoms with Crippen molar-refractivity contribution in [3.05, 3.63) is 52.6 Å². The van der Waals surface area contributed by atoms with Gasteiger partial charge in [-0.1, -0.05) is 12.1 Å². The van der Waals surface area contributed by atoms with Gasteiger partial charge in [-0.05, 0) is 37.6 Å². The average Bonchev–Trinajstić information content (AvgIpc) is 2.72. The monoisotopic (exact) mass is 425 g/mol. The van der Waals surface area contributed by atoms with E-state index in [1.807, 2.05) is 35.2 Å². The highest BCUT2D eigenvalue weighted by Crippen LogP contribution is 2.16. The zero-order valence-corrected chi connectivity index (χ0v) is 18.2. The molecule has 0 aliphatic carbocycles. The lowest BCUT2D eigenvalue weighted by Crippen LogP contribution is -2.57. The highest BCUT2D eigenvalue weighted by Gasteiger charge is 2.30. The second-order valence-corrected chi connectivity index (χ2v) is 9.06. The molecule has 9 nitrogen and oxygen atoms in total. The van der Waals surface area contributed by atoms with Crippen molar-refractivity contribution in [3.8, 4) is 5.69 Å². The number of rotatable bonds is 5. The Labute approximate surface area is 182 Å². The molecule has 1 aromatic heterocycles. The van der Waals surface area contributed by atoms with Crippen LogP contribution in [0.5, 0.6) is 0 Å². The smallest absolute Gasteiger partial charge is 0.353 e. The van der Waals surface area contributed by atoms with Gasteiger partial charge in [0.1, 0.15) is 5.82 Å². The van der Waals surface area contributed by atoms with Crippen LogP contribution in [0.4, 0.5) is 5.82 Å². The number of hydrogen-bond acceptors (Lipinski definition) is 7. The van der Waals surface area contributed by atoms with Gasteiger partial charge in [-0.3, -0.25) is 14.3 Å². The standard InChI is InChI=1S/C22H31N7O2/c1-22(2,24)20(30)28-11-9-27(10-12-28)19-7-8-29(21(31)25-19)18-5-3-16(4-6-18)13-26-14-17(23)15-26/h3-8,17H,9-15,23-24H2,1-2H3. The summed E-state index contributed by atoms with van der Waals surface area (Å²) in [5.41, 5.74) is 12.5. The van der Waals surface area contributed by atoms with E-state index in [1.165, 1.54) is 5.56 Å². The molecule has 2 fully saturated rings. The van der Waals surface area contributed by atoms with E-state index in [2.05, 4.69) is 9.88 Å². The maximum Gasteiger partial charge on any atom is 0.354 e. The number of anilines is 1. The van der Waals surface area contributed by atoms with Gasteiger partial charge in [-0.2, -0.15) is 4.98 Å². The van der Waals surface area contributed by atoms with Crippen LogP contribution in [0.25, 0.3) is 5.69 Å².